The van der Waals surface area contributed by atoms with Crippen molar-refractivity contribution in [3.63, 3.8) is 0 Å². The van der Waals surface area contributed by atoms with Crippen LogP contribution in [0.15, 0.2) is 30.3 Å². The minimum atomic E-state index is -0.366. The lowest BCUT2D eigenvalue weighted by atomic mass is 9.96. The second kappa shape index (κ2) is 12.4. The molecule has 1 aliphatic rings. The fourth-order valence-corrected chi connectivity index (χ4v) is 4.67. The first-order chi connectivity index (χ1) is 16.4. The third kappa shape index (κ3) is 6.72. The Balaban J connectivity index is 1.46. The Kier molecular flexibility index (Phi) is 9.31. The molecule has 3 rings (SSSR count). The Bertz CT molecular complexity index is 983. The number of hydrogen-bond donors (Lipinski definition) is 2. The van der Waals surface area contributed by atoms with Crippen molar-refractivity contribution >= 4 is 17.8 Å². The number of aromatic nitrogens is 1. The van der Waals surface area contributed by atoms with Crippen LogP contribution < -0.4 is 5.32 Å². The summed E-state index contributed by atoms with van der Waals surface area (Å²) in [5.74, 6) is -0.420. The Morgan fingerprint density at radius 1 is 1.15 bits per heavy atom. The molecule has 1 saturated heterocycles. The third-order valence-electron chi connectivity index (χ3n) is 6.59. The zero-order valence-electron chi connectivity index (χ0n) is 20.6. The van der Waals surface area contributed by atoms with Crippen LogP contribution in [-0.2, 0) is 27.2 Å². The Hall–Kier alpha value is -3.09. The first-order valence-corrected chi connectivity index (χ1v) is 12.3. The molecule has 0 bridgehead atoms. The van der Waals surface area contributed by atoms with Gasteiger partial charge in [0.1, 0.15) is 5.69 Å². The molecule has 1 aliphatic heterocycles. The van der Waals surface area contributed by atoms with E-state index in [2.05, 4.69) is 22.4 Å². The summed E-state index contributed by atoms with van der Waals surface area (Å²) in [5.41, 5.74) is 4.45. The van der Waals surface area contributed by atoms with Gasteiger partial charge >= 0.3 is 5.97 Å². The molecule has 1 fully saturated rings. The minimum absolute atomic E-state index is 0.0435. The second-order valence-corrected chi connectivity index (χ2v) is 9.01. The van der Waals surface area contributed by atoms with Gasteiger partial charge in [-0.05, 0) is 69.6 Å². The predicted octanol–water partition coefficient (Wildman–Crippen LogP) is 3.73. The van der Waals surface area contributed by atoms with Crippen molar-refractivity contribution in [1.82, 2.24) is 15.2 Å². The number of H-pyrrole nitrogens is 1. The lowest BCUT2D eigenvalue weighted by Gasteiger charge is -2.32. The molecule has 34 heavy (non-hydrogen) atoms. The van der Waals surface area contributed by atoms with E-state index in [1.54, 1.807) is 6.92 Å². The van der Waals surface area contributed by atoms with Crippen molar-refractivity contribution in [2.75, 3.05) is 26.2 Å². The maximum atomic E-state index is 12.9. The molecule has 2 aromatic rings. The Labute approximate surface area is 202 Å². The van der Waals surface area contributed by atoms with E-state index in [4.69, 9.17) is 4.74 Å². The van der Waals surface area contributed by atoms with Crippen molar-refractivity contribution < 1.29 is 19.1 Å². The molecule has 2 amide bonds. The van der Waals surface area contributed by atoms with Crippen LogP contribution in [0.1, 0.15) is 65.5 Å². The molecule has 2 N–H and O–H groups in total. The summed E-state index contributed by atoms with van der Waals surface area (Å²) in [6.07, 6.45) is 4.39. The Morgan fingerprint density at radius 2 is 1.91 bits per heavy atom. The van der Waals surface area contributed by atoms with Gasteiger partial charge in [0.15, 0.2) is 0 Å². The number of ether oxygens (including phenoxy) is 1. The van der Waals surface area contributed by atoms with E-state index in [0.717, 1.165) is 42.5 Å². The van der Waals surface area contributed by atoms with Crippen molar-refractivity contribution in [1.29, 1.82) is 0 Å². The van der Waals surface area contributed by atoms with E-state index in [0.29, 0.717) is 44.8 Å². The average Bonchev–Trinajstić information content (AvgIpc) is 3.14. The third-order valence-corrected chi connectivity index (χ3v) is 6.59. The van der Waals surface area contributed by atoms with Crippen LogP contribution in [0.5, 0.6) is 0 Å². The molecule has 184 valence electrons. The number of carbonyl (C=O) groups is 3. The molecule has 2 heterocycles. The van der Waals surface area contributed by atoms with Gasteiger partial charge in [-0.25, -0.2) is 4.79 Å². The summed E-state index contributed by atoms with van der Waals surface area (Å²) in [6.45, 7) is 7.70. The summed E-state index contributed by atoms with van der Waals surface area (Å²) in [7, 11) is 0. The van der Waals surface area contributed by atoms with Crippen LogP contribution in [0.25, 0.3) is 0 Å². The Morgan fingerprint density at radius 3 is 2.65 bits per heavy atom. The second-order valence-electron chi connectivity index (χ2n) is 9.01. The van der Waals surface area contributed by atoms with Crippen molar-refractivity contribution in [3.05, 3.63) is 58.4 Å². The minimum Gasteiger partial charge on any atom is -0.461 e. The van der Waals surface area contributed by atoms with E-state index in [1.165, 1.54) is 5.56 Å². The molecular formula is C27H37N3O4. The van der Waals surface area contributed by atoms with E-state index in [1.807, 2.05) is 36.9 Å². The quantitative estimate of drug-likeness (QED) is 0.411. The van der Waals surface area contributed by atoms with E-state index in [-0.39, 0.29) is 23.7 Å². The summed E-state index contributed by atoms with van der Waals surface area (Å²) in [4.78, 5) is 42.6. The number of likely N-dealkylation sites (tertiary alicyclic amines) is 1. The van der Waals surface area contributed by atoms with Gasteiger partial charge in [-0.3, -0.25) is 9.59 Å². The van der Waals surface area contributed by atoms with Crippen molar-refractivity contribution in [2.45, 2.75) is 59.3 Å². The van der Waals surface area contributed by atoms with Crippen LogP contribution in [0.4, 0.5) is 0 Å². The van der Waals surface area contributed by atoms with Crippen LogP contribution in [0.3, 0.4) is 0 Å². The topological polar surface area (TPSA) is 91.5 Å². The highest BCUT2D eigenvalue weighted by Gasteiger charge is 2.28. The van der Waals surface area contributed by atoms with E-state index < -0.39 is 0 Å². The molecule has 1 aromatic heterocycles. The zero-order chi connectivity index (χ0) is 24.5. The average molecular weight is 468 g/mol. The molecule has 0 aliphatic carbocycles. The molecule has 1 atom stereocenters. The monoisotopic (exact) mass is 467 g/mol. The van der Waals surface area contributed by atoms with Gasteiger partial charge in [-0.1, -0.05) is 30.3 Å². The lowest BCUT2D eigenvalue weighted by molar-refractivity contribution is -0.135. The van der Waals surface area contributed by atoms with Gasteiger partial charge in [0.05, 0.1) is 12.5 Å². The van der Waals surface area contributed by atoms with Crippen LogP contribution >= 0.6 is 0 Å². The first-order valence-electron chi connectivity index (χ1n) is 12.3. The normalized spacial score (nSPS) is 15.7. The largest absolute Gasteiger partial charge is 0.461 e. The number of hydrogen-bond acceptors (Lipinski definition) is 4. The number of nitrogens with one attached hydrogen (secondary N) is 2. The molecule has 0 radical (unpaired) electrons. The maximum Gasteiger partial charge on any atom is 0.355 e. The number of aryl methyl sites for hydroxylation is 2. The first kappa shape index (κ1) is 25.5. The van der Waals surface area contributed by atoms with Crippen LogP contribution in [0.2, 0.25) is 0 Å². The number of aromatic amines is 1. The summed E-state index contributed by atoms with van der Waals surface area (Å²) in [6, 6.07) is 10.3. The number of benzene rings is 1. The van der Waals surface area contributed by atoms with Gasteiger partial charge in [0, 0.05) is 31.7 Å². The van der Waals surface area contributed by atoms with Gasteiger partial charge in [0.25, 0.3) is 0 Å². The van der Waals surface area contributed by atoms with Gasteiger partial charge in [-0.15, -0.1) is 0 Å². The molecule has 0 unspecified atom stereocenters. The van der Waals surface area contributed by atoms with Crippen molar-refractivity contribution in [2.24, 2.45) is 5.92 Å². The molecule has 0 spiro atoms. The van der Waals surface area contributed by atoms with E-state index in [9.17, 15) is 14.4 Å². The maximum absolute atomic E-state index is 12.9. The number of piperidine rings is 1. The number of carbonyl (C=O) groups excluding carboxylic acids is 3. The summed E-state index contributed by atoms with van der Waals surface area (Å²) < 4.78 is 5.11. The fourth-order valence-electron chi connectivity index (χ4n) is 4.67. The zero-order valence-corrected chi connectivity index (χ0v) is 20.6. The molecule has 7 nitrogen and oxygen atoms in total. The molecule has 7 heteroatoms. The van der Waals surface area contributed by atoms with Crippen molar-refractivity contribution in [3.8, 4) is 0 Å². The summed E-state index contributed by atoms with van der Waals surface area (Å²) in [5, 5.41) is 3.05. The predicted molar refractivity (Wildman–Crippen MR) is 132 cm³/mol. The van der Waals surface area contributed by atoms with Gasteiger partial charge in [-0.2, -0.15) is 0 Å². The smallest absolute Gasteiger partial charge is 0.355 e. The van der Waals surface area contributed by atoms with E-state index >= 15 is 0 Å². The molecular weight excluding hydrogens is 430 g/mol. The molecule has 1 aromatic carbocycles. The number of esters is 1. The SMILES string of the molecule is CCOC(=O)c1[nH]c(C)c(CCC(=O)N2CCC[C@H](C(=O)NCCCc3ccccc3)C2)c1C. The highest BCUT2D eigenvalue weighted by molar-refractivity contribution is 5.90. The molecule has 0 saturated carbocycles. The highest BCUT2D eigenvalue weighted by atomic mass is 16.5. The number of nitrogens with zero attached hydrogens (tertiary/aromatic N) is 1. The number of amides is 2. The lowest BCUT2D eigenvalue weighted by Crippen LogP contribution is -2.45. The van der Waals surface area contributed by atoms with Crippen LogP contribution in [0, 0.1) is 19.8 Å². The van der Waals surface area contributed by atoms with Gasteiger partial charge < -0.3 is 19.9 Å². The number of rotatable bonds is 10. The highest BCUT2D eigenvalue weighted by Crippen LogP contribution is 2.22. The van der Waals surface area contributed by atoms with Gasteiger partial charge in [0.2, 0.25) is 11.8 Å². The standard InChI is InChI=1S/C27H37N3O4/c1-4-34-27(33)25-19(2)23(20(3)29-25)14-15-24(31)30-17-9-13-22(18-30)26(32)28-16-8-12-21-10-6-5-7-11-21/h5-7,10-11,22,29H,4,8-9,12-18H2,1-3H3,(H,28,32)/t22-/m0/s1. The summed E-state index contributed by atoms with van der Waals surface area (Å²) >= 11 is 0. The van der Waals surface area contributed by atoms with Crippen LogP contribution in [-0.4, -0.2) is 53.9 Å². The fraction of sp³-hybridized carbons (Fsp3) is 0.519.